The monoisotopic (exact) mass is 385 g/mol. The number of aromatic nitrogens is 2. The lowest BCUT2D eigenvalue weighted by atomic mass is 10.2. The van der Waals surface area contributed by atoms with Gasteiger partial charge in [-0.15, -0.1) is 11.8 Å². The van der Waals surface area contributed by atoms with Crippen LogP contribution < -0.4 is 5.32 Å². The maximum Gasteiger partial charge on any atom is 0.257 e. The number of aryl methyl sites for hydroxylation is 2. The van der Waals surface area contributed by atoms with Gasteiger partial charge in [0, 0.05) is 23.5 Å². The summed E-state index contributed by atoms with van der Waals surface area (Å²) in [6, 6.07) is 11.4. The van der Waals surface area contributed by atoms with E-state index in [1.807, 2.05) is 36.6 Å². The predicted molar refractivity (Wildman–Crippen MR) is 108 cm³/mol. The molecule has 0 spiro atoms. The summed E-state index contributed by atoms with van der Waals surface area (Å²) in [6.45, 7) is 1.02. The molecule has 0 saturated heterocycles. The first-order chi connectivity index (χ1) is 12.7. The SMILES string of the molecule is CSc1ccc(Cl)c(C(=O)Nc2ccc3c(c2)nc2n3CCCCC2)c1. The summed E-state index contributed by atoms with van der Waals surface area (Å²) in [7, 11) is 0. The van der Waals surface area contributed by atoms with E-state index in [1.54, 1.807) is 17.8 Å². The average molecular weight is 386 g/mol. The number of anilines is 1. The van der Waals surface area contributed by atoms with Crippen molar-refractivity contribution in [2.45, 2.75) is 37.1 Å². The molecule has 2 aromatic carbocycles. The molecule has 134 valence electrons. The molecule has 1 aliphatic rings. The normalized spacial score (nSPS) is 14.1. The molecule has 0 aliphatic carbocycles. The summed E-state index contributed by atoms with van der Waals surface area (Å²) >= 11 is 7.79. The van der Waals surface area contributed by atoms with Gasteiger partial charge in [0.15, 0.2) is 0 Å². The minimum atomic E-state index is -0.203. The number of nitrogens with one attached hydrogen (secondary N) is 1. The van der Waals surface area contributed by atoms with Crippen molar-refractivity contribution in [2.24, 2.45) is 0 Å². The summed E-state index contributed by atoms with van der Waals surface area (Å²) in [4.78, 5) is 18.4. The van der Waals surface area contributed by atoms with Crippen molar-refractivity contribution in [3.63, 3.8) is 0 Å². The van der Waals surface area contributed by atoms with Gasteiger partial charge in [0.1, 0.15) is 5.82 Å². The van der Waals surface area contributed by atoms with Crippen molar-refractivity contribution in [1.29, 1.82) is 0 Å². The van der Waals surface area contributed by atoms with Gasteiger partial charge in [0.05, 0.1) is 21.6 Å². The van der Waals surface area contributed by atoms with Gasteiger partial charge in [0.25, 0.3) is 5.91 Å². The molecule has 3 aromatic rings. The summed E-state index contributed by atoms with van der Waals surface area (Å²) in [6.07, 6.45) is 6.64. The fourth-order valence-corrected chi connectivity index (χ4v) is 4.07. The molecule has 0 saturated carbocycles. The zero-order valence-electron chi connectivity index (χ0n) is 14.6. The second-order valence-corrected chi connectivity index (χ2v) is 7.78. The number of fused-ring (bicyclic) bond motifs is 3. The number of hydrogen-bond donors (Lipinski definition) is 1. The number of benzene rings is 2. The lowest BCUT2D eigenvalue weighted by molar-refractivity contribution is 0.102. The van der Waals surface area contributed by atoms with Gasteiger partial charge >= 0.3 is 0 Å². The summed E-state index contributed by atoms with van der Waals surface area (Å²) in [5.41, 5.74) is 3.30. The topological polar surface area (TPSA) is 46.9 Å². The average Bonchev–Trinajstić information content (AvgIpc) is 2.82. The van der Waals surface area contributed by atoms with Crippen LogP contribution >= 0.6 is 23.4 Å². The van der Waals surface area contributed by atoms with E-state index in [2.05, 4.69) is 9.88 Å². The van der Waals surface area contributed by atoms with E-state index >= 15 is 0 Å². The number of halogens is 1. The molecule has 26 heavy (non-hydrogen) atoms. The maximum atomic E-state index is 12.6. The molecule has 4 rings (SSSR count). The lowest BCUT2D eigenvalue weighted by Crippen LogP contribution is -2.12. The van der Waals surface area contributed by atoms with Gasteiger partial charge in [-0.1, -0.05) is 18.0 Å². The number of carbonyl (C=O) groups is 1. The van der Waals surface area contributed by atoms with Crippen LogP contribution in [-0.4, -0.2) is 21.7 Å². The van der Waals surface area contributed by atoms with Crippen LogP contribution in [0.5, 0.6) is 0 Å². The molecule has 1 aliphatic heterocycles. The Hall–Kier alpha value is -1.98. The number of thioether (sulfide) groups is 1. The second-order valence-electron chi connectivity index (χ2n) is 6.49. The Balaban J connectivity index is 1.62. The first-order valence-corrected chi connectivity index (χ1v) is 10.4. The Morgan fingerprint density at radius 3 is 2.92 bits per heavy atom. The highest BCUT2D eigenvalue weighted by Gasteiger charge is 2.15. The van der Waals surface area contributed by atoms with Crippen molar-refractivity contribution in [2.75, 3.05) is 11.6 Å². The lowest BCUT2D eigenvalue weighted by Gasteiger charge is -2.09. The summed E-state index contributed by atoms with van der Waals surface area (Å²) in [5.74, 6) is 0.947. The Bertz CT molecular complexity index is 983. The standard InChI is InChI=1S/C20H20ClN3OS/c1-26-14-7-8-16(21)15(12-14)20(25)22-13-6-9-18-17(11-13)23-19-5-3-2-4-10-24(18)19/h6-9,11-12H,2-5,10H2,1H3,(H,22,25). The largest absolute Gasteiger partial charge is 0.328 e. The van der Waals surface area contributed by atoms with Gasteiger partial charge < -0.3 is 9.88 Å². The smallest absolute Gasteiger partial charge is 0.257 e. The molecule has 0 atom stereocenters. The molecule has 0 radical (unpaired) electrons. The van der Waals surface area contributed by atoms with Crippen molar-refractivity contribution in [3.05, 3.63) is 52.8 Å². The van der Waals surface area contributed by atoms with E-state index in [1.165, 1.54) is 19.3 Å². The Morgan fingerprint density at radius 1 is 1.19 bits per heavy atom. The third kappa shape index (κ3) is 3.33. The third-order valence-electron chi connectivity index (χ3n) is 4.79. The Morgan fingerprint density at radius 2 is 2.08 bits per heavy atom. The second kappa shape index (κ2) is 7.33. The fourth-order valence-electron chi connectivity index (χ4n) is 3.43. The van der Waals surface area contributed by atoms with Gasteiger partial charge in [-0.05, 0) is 55.5 Å². The molecule has 1 amide bonds. The van der Waals surface area contributed by atoms with Gasteiger partial charge in [-0.2, -0.15) is 0 Å². The van der Waals surface area contributed by atoms with E-state index in [0.717, 1.165) is 40.4 Å². The number of amides is 1. The Labute approximate surface area is 161 Å². The van der Waals surface area contributed by atoms with E-state index in [9.17, 15) is 4.79 Å². The zero-order valence-corrected chi connectivity index (χ0v) is 16.2. The zero-order chi connectivity index (χ0) is 18.1. The Kier molecular flexibility index (Phi) is 4.92. The molecule has 6 heteroatoms. The first kappa shape index (κ1) is 17.4. The molecule has 0 bridgehead atoms. The van der Waals surface area contributed by atoms with Crippen molar-refractivity contribution >= 4 is 46.0 Å². The number of hydrogen-bond acceptors (Lipinski definition) is 3. The fraction of sp³-hybridized carbons (Fsp3) is 0.300. The molecule has 2 heterocycles. The van der Waals surface area contributed by atoms with Gasteiger partial charge in [-0.3, -0.25) is 4.79 Å². The van der Waals surface area contributed by atoms with Crippen LogP contribution in [0.15, 0.2) is 41.3 Å². The van der Waals surface area contributed by atoms with Crippen LogP contribution in [0.2, 0.25) is 5.02 Å². The third-order valence-corrected chi connectivity index (χ3v) is 5.84. The minimum absolute atomic E-state index is 0.203. The highest BCUT2D eigenvalue weighted by atomic mass is 35.5. The predicted octanol–water partition coefficient (Wildman–Crippen LogP) is 5.39. The van der Waals surface area contributed by atoms with Crippen LogP contribution in [0.3, 0.4) is 0 Å². The summed E-state index contributed by atoms with van der Waals surface area (Å²) < 4.78 is 2.31. The van der Waals surface area contributed by atoms with Crippen molar-refractivity contribution < 1.29 is 4.79 Å². The first-order valence-electron chi connectivity index (χ1n) is 8.80. The molecule has 1 aromatic heterocycles. The molecule has 1 N–H and O–H groups in total. The van der Waals surface area contributed by atoms with Crippen LogP contribution in [0, 0.1) is 0 Å². The molecule has 4 nitrogen and oxygen atoms in total. The molecular weight excluding hydrogens is 366 g/mol. The minimum Gasteiger partial charge on any atom is -0.328 e. The van der Waals surface area contributed by atoms with Crippen LogP contribution in [-0.2, 0) is 13.0 Å². The highest BCUT2D eigenvalue weighted by molar-refractivity contribution is 7.98. The van der Waals surface area contributed by atoms with E-state index < -0.39 is 0 Å². The number of nitrogens with zero attached hydrogens (tertiary/aromatic N) is 2. The van der Waals surface area contributed by atoms with Crippen molar-refractivity contribution in [1.82, 2.24) is 9.55 Å². The van der Waals surface area contributed by atoms with Gasteiger partial charge in [-0.25, -0.2) is 4.98 Å². The number of rotatable bonds is 3. The van der Waals surface area contributed by atoms with Gasteiger partial charge in [0.2, 0.25) is 0 Å². The summed E-state index contributed by atoms with van der Waals surface area (Å²) in [5, 5.41) is 3.41. The van der Waals surface area contributed by atoms with Crippen LogP contribution in [0.4, 0.5) is 5.69 Å². The van der Waals surface area contributed by atoms with E-state index in [4.69, 9.17) is 16.6 Å². The number of imidazole rings is 1. The van der Waals surface area contributed by atoms with E-state index in [-0.39, 0.29) is 5.91 Å². The quantitative estimate of drug-likeness (QED) is 0.615. The molecule has 0 fully saturated rings. The van der Waals surface area contributed by atoms with Crippen molar-refractivity contribution in [3.8, 4) is 0 Å². The van der Waals surface area contributed by atoms with Crippen LogP contribution in [0.1, 0.15) is 35.4 Å². The molecule has 0 unspecified atom stereocenters. The highest BCUT2D eigenvalue weighted by Crippen LogP contribution is 2.26. The maximum absolute atomic E-state index is 12.6. The number of carbonyl (C=O) groups excluding carboxylic acids is 1. The molecular formula is C20H20ClN3OS. The van der Waals surface area contributed by atoms with E-state index in [0.29, 0.717) is 10.6 Å². The van der Waals surface area contributed by atoms with Crippen LogP contribution in [0.25, 0.3) is 11.0 Å².